The Bertz CT molecular complexity index is 1020. The van der Waals surface area contributed by atoms with Gasteiger partial charge in [0.2, 0.25) is 0 Å². The van der Waals surface area contributed by atoms with Crippen molar-refractivity contribution in [2.24, 2.45) is 5.92 Å². The molecule has 0 bridgehead atoms. The second-order valence-electron chi connectivity index (χ2n) is 7.34. The predicted octanol–water partition coefficient (Wildman–Crippen LogP) is 4.16. The summed E-state index contributed by atoms with van der Waals surface area (Å²) in [5, 5.41) is 3.50. The van der Waals surface area contributed by atoms with Crippen molar-refractivity contribution in [2.75, 3.05) is 25.5 Å². The summed E-state index contributed by atoms with van der Waals surface area (Å²) in [6.07, 6.45) is 3.84. The normalized spacial score (nSPS) is 15.5. The van der Waals surface area contributed by atoms with Gasteiger partial charge in [0.25, 0.3) is 5.91 Å². The van der Waals surface area contributed by atoms with E-state index in [2.05, 4.69) is 17.1 Å². The average molecular weight is 413 g/mol. The number of thiophene rings is 1. The van der Waals surface area contributed by atoms with Crippen molar-refractivity contribution in [3.8, 4) is 0 Å². The Hall–Kier alpha value is -2.71. The van der Waals surface area contributed by atoms with Crippen LogP contribution >= 0.6 is 11.3 Å². The number of piperidine rings is 1. The lowest BCUT2D eigenvalue weighted by molar-refractivity contribution is 0.0607. The van der Waals surface area contributed by atoms with Gasteiger partial charge >= 0.3 is 5.97 Å². The molecule has 0 aliphatic carbocycles. The van der Waals surface area contributed by atoms with Crippen LogP contribution in [0.3, 0.4) is 0 Å². The summed E-state index contributed by atoms with van der Waals surface area (Å²) in [6.45, 7) is 5.22. The van der Waals surface area contributed by atoms with Crippen molar-refractivity contribution in [3.63, 3.8) is 0 Å². The third kappa shape index (κ3) is 4.18. The molecule has 3 aromatic rings. The number of anilines is 1. The highest BCUT2D eigenvalue weighted by molar-refractivity contribution is 7.21. The Kier molecular flexibility index (Phi) is 5.64. The first kappa shape index (κ1) is 19.6. The van der Waals surface area contributed by atoms with E-state index in [1.54, 1.807) is 12.1 Å². The van der Waals surface area contributed by atoms with Gasteiger partial charge in [-0.15, -0.1) is 11.3 Å². The first-order chi connectivity index (χ1) is 14.0. The van der Waals surface area contributed by atoms with Crippen molar-refractivity contribution in [1.29, 1.82) is 0 Å². The summed E-state index contributed by atoms with van der Waals surface area (Å²) >= 11 is 1.22. The topological polar surface area (TPSA) is 84.7 Å². The van der Waals surface area contributed by atoms with Gasteiger partial charge in [0.1, 0.15) is 9.71 Å². The lowest BCUT2D eigenvalue weighted by Gasteiger charge is -2.29. The third-order valence-electron chi connectivity index (χ3n) is 5.23. The van der Waals surface area contributed by atoms with E-state index in [9.17, 15) is 9.59 Å². The van der Waals surface area contributed by atoms with E-state index >= 15 is 0 Å². The van der Waals surface area contributed by atoms with Crippen LogP contribution in [-0.2, 0) is 11.3 Å². The van der Waals surface area contributed by atoms with Crippen LogP contribution in [0.5, 0.6) is 0 Å². The van der Waals surface area contributed by atoms with E-state index in [1.807, 2.05) is 12.1 Å². The summed E-state index contributed by atoms with van der Waals surface area (Å²) in [7, 11) is 1.32. The minimum absolute atomic E-state index is 0.170. The largest absolute Gasteiger partial charge is 0.465 e. The molecule has 4 rings (SSSR count). The zero-order valence-electron chi connectivity index (χ0n) is 16.4. The molecule has 8 heteroatoms. The van der Waals surface area contributed by atoms with Crippen LogP contribution in [0.25, 0.3) is 10.2 Å². The summed E-state index contributed by atoms with van der Waals surface area (Å²) in [5.74, 6) is 0.0201. The van der Waals surface area contributed by atoms with E-state index in [-0.39, 0.29) is 5.76 Å². The number of amides is 1. The Morgan fingerprint density at radius 1 is 1.31 bits per heavy atom. The summed E-state index contributed by atoms with van der Waals surface area (Å²) < 4.78 is 10.0. The van der Waals surface area contributed by atoms with E-state index in [0.29, 0.717) is 20.8 Å². The molecule has 0 aromatic carbocycles. The zero-order chi connectivity index (χ0) is 20.4. The van der Waals surface area contributed by atoms with Gasteiger partial charge in [-0.1, -0.05) is 6.92 Å². The molecule has 7 nitrogen and oxygen atoms in total. The summed E-state index contributed by atoms with van der Waals surface area (Å²) in [5.41, 5.74) is 1.36. The van der Waals surface area contributed by atoms with Crippen LogP contribution in [0.4, 0.5) is 5.69 Å². The van der Waals surface area contributed by atoms with Crippen LogP contribution in [-0.4, -0.2) is 42.0 Å². The number of esters is 1. The van der Waals surface area contributed by atoms with Crippen LogP contribution < -0.4 is 5.32 Å². The molecular weight excluding hydrogens is 390 g/mol. The molecule has 1 fully saturated rings. The van der Waals surface area contributed by atoms with E-state index < -0.39 is 11.9 Å². The second-order valence-corrected chi connectivity index (χ2v) is 8.34. The van der Waals surface area contributed by atoms with Gasteiger partial charge < -0.3 is 14.5 Å². The maximum absolute atomic E-state index is 12.5. The van der Waals surface area contributed by atoms with Crippen LogP contribution in [0.1, 0.15) is 45.7 Å². The maximum atomic E-state index is 12.5. The number of aromatic nitrogens is 1. The predicted molar refractivity (Wildman–Crippen MR) is 111 cm³/mol. The summed E-state index contributed by atoms with van der Waals surface area (Å²) in [4.78, 5) is 32.9. The molecule has 0 radical (unpaired) electrons. The van der Waals surface area contributed by atoms with Crippen molar-refractivity contribution in [1.82, 2.24) is 9.88 Å². The number of ether oxygens (including phenoxy) is 1. The number of hydrogen-bond acceptors (Lipinski definition) is 7. The number of furan rings is 1. The van der Waals surface area contributed by atoms with Gasteiger partial charge in [0, 0.05) is 11.9 Å². The highest BCUT2D eigenvalue weighted by Gasteiger charge is 2.23. The molecule has 1 saturated heterocycles. The molecular formula is C21H23N3O4S. The van der Waals surface area contributed by atoms with E-state index in [1.165, 1.54) is 37.6 Å². The SMILES string of the molecule is COC(=O)c1sc2nc(CN3CCC(C)CC3)ccc2c1NC(=O)c1ccco1. The average Bonchev–Trinajstić information content (AvgIpc) is 3.38. The highest BCUT2D eigenvalue weighted by Crippen LogP contribution is 2.36. The first-order valence-electron chi connectivity index (χ1n) is 9.63. The molecule has 1 aliphatic rings. The molecule has 0 unspecified atom stereocenters. The molecule has 1 N–H and O–H groups in total. The Morgan fingerprint density at radius 3 is 2.79 bits per heavy atom. The second kappa shape index (κ2) is 8.34. The van der Waals surface area contributed by atoms with Gasteiger partial charge in [-0.05, 0) is 56.1 Å². The van der Waals surface area contributed by atoms with Gasteiger partial charge in [-0.25, -0.2) is 9.78 Å². The standard InChI is InChI=1S/C21H23N3O4S/c1-13-7-9-24(10-8-13)12-14-5-6-15-17(23-19(25)16-4-3-11-28-16)18(21(26)27-2)29-20(15)22-14/h3-6,11,13H,7-10,12H2,1-2H3,(H,23,25). The number of carbonyl (C=O) groups is 2. The first-order valence-corrected chi connectivity index (χ1v) is 10.4. The number of pyridine rings is 1. The molecule has 0 saturated carbocycles. The van der Waals surface area contributed by atoms with Crippen molar-refractivity contribution in [2.45, 2.75) is 26.3 Å². The van der Waals surface area contributed by atoms with Crippen LogP contribution in [0, 0.1) is 5.92 Å². The Balaban J connectivity index is 1.63. The van der Waals surface area contributed by atoms with Gasteiger partial charge in [-0.2, -0.15) is 0 Å². The molecule has 0 atom stereocenters. The number of hydrogen-bond donors (Lipinski definition) is 1. The molecule has 0 spiro atoms. The van der Waals surface area contributed by atoms with Crippen LogP contribution in [0.2, 0.25) is 0 Å². The maximum Gasteiger partial charge on any atom is 0.350 e. The fourth-order valence-corrected chi connectivity index (χ4v) is 4.56. The molecule has 1 amide bonds. The summed E-state index contributed by atoms with van der Waals surface area (Å²) in [6, 6.07) is 7.07. The minimum atomic E-state index is -0.505. The fourth-order valence-electron chi connectivity index (χ4n) is 3.50. The lowest BCUT2D eigenvalue weighted by Crippen LogP contribution is -2.32. The number of carbonyl (C=O) groups excluding carboxylic acids is 2. The molecule has 4 heterocycles. The number of methoxy groups -OCH3 is 1. The van der Waals surface area contributed by atoms with Crippen molar-refractivity contribution in [3.05, 3.63) is 46.9 Å². The highest BCUT2D eigenvalue weighted by atomic mass is 32.1. The molecule has 29 heavy (non-hydrogen) atoms. The number of likely N-dealkylation sites (tertiary alicyclic amines) is 1. The van der Waals surface area contributed by atoms with Crippen molar-refractivity contribution >= 4 is 39.1 Å². The zero-order valence-corrected chi connectivity index (χ0v) is 17.3. The van der Waals surface area contributed by atoms with E-state index in [4.69, 9.17) is 14.1 Å². The quantitative estimate of drug-likeness (QED) is 0.632. The minimum Gasteiger partial charge on any atom is -0.465 e. The molecule has 1 aliphatic heterocycles. The number of rotatable bonds is 5. The van der Waals surface area contributed by atoms with Crippen LogP contribution in [0.15, 0.2) is 34.9 Å². The Morgan fingerprint density at radius 2 is 2.10 bits per heavy atom. The number of nitrogens with zero attached hydrogens (tertiary/aromatic N) is 2. The lowest BCUT2D eigenvalue weighted by atomic mass is 9.99. The Labute approximate surface area is 172 Å². The van der Waals surface area contributed by atoms with Gasteiger partial charge in [0.15, 0.2) is 5.76 Å². The molecule has 152 valence electrons. The van der Waals surface area contributed by atoms with Gasteiger partial charge in [0.05, 0.1) is 24.8 Å². The number of nitrogens with one attached hydrogen (secondary N) is 1. The monoisotopic (exact) mass is 413 g/mol. The number of fused-ring (bicyclic) bond motifs is 1. The fraction of sp³-hybridized carbons (Fsp3) is 0.381. The van der Waals surface area contributed by atoms with E-state index in [0.717, 1.165) is 31.2 Å². The smallest absolute Gasteiger partial charge is 0.350 e. The molecule has 3 aromatic heterocycles. The van der Waals surface area contributed by atoms with Gasteiger partial charge in [-0.3, -0.25) is 9.69 Å². The van der Waals surface area contributed by atoms with Crippen molar-refractivity contribution < 1.29 is 18.7 Å². The third-order valence-corrected chi connectivity index (χ3v) is 6.31.